The Balaban J connectivity index is 2.61. The molecule has 0 saturated carbocycles. The van der Waals surface area contributed by atoms with Crippen LogP contribution in [0.25, 0.3) is 0 Å². The zero-order chi connectivity index (χ0) is 3.54. The van der Waals surface area contributed by atoms with E-state index in [2.05, 4.69) is 10.1 Å². The second-order valence-corrected chi connectivity index (χ2v) is 14.0. The molecule has 1 aliphatic rings. The summed E-state index contributed by atoms with van der Waals surface area (Å²) in [4.78, 5) is 0. The minimum absolute atomic E-state index is 0.436. The second kappa shape index (κ2) is 2.53. The second-order valence-electron chi connectivity index (χ2n) is 0.824. The zero-order valence-corrected chi connectivity index (χ0v) is 7.86. The molecule has 0 fully saturated rings. The summed E-state index contributed by atoms with van der Waals surface area (Å²) in [6, 6.07) is 0. The van der Waals surface area contributed by atoms with Gasteiger partial charge in [-0.3, -0.25) is 0 Å². The van der Waals surface area contributed by atoms with Crippen LogP contribution >= 0.6 is 0 Å². The van der Waals surface area contributed by atoms with E-state index in [1.54, 1.807) is 0 Å². The molecule has 0 aliphatic carbocycles. The first-order valence-electron chi connectivity index (χ1n) is 1.52. The molecule has 0 bridgehead atoms. The third kappa shape index (κ3) is 1.51. The molecule has 0 N–H and O–H groups in total. The van der Waals surface area contributed by atoms with Crippen molar-refractivity contribution in [3.8, 4) is 0 Å². The summed E-state index contributed by atoms with van der Waals surface area (Å²) < 4.78 is 3.99. The van der Waals surface area contributed by atoms with Crippen molar-refractivity contribution in [3.63, 3.8) is 0 Å². The van der Waals surface area contributed by atoms with Gasteiger partial charge in [0.1, 0.15) is 0 Å². The molecule has 5 heavy (non-hydrogen) atoms. The quantitative estimate of drug-likeness (QED) is 0.559. The summed E-state index contributed by atoms with van der Waals surface area (Å²) in [7, 11) is 0. The van der Waals surface area contributed by atoms with Gasteiger partial charge >= 0.3 is 48.1 Å². The predicted octanol–water partition coefficient (Wildman–Crippen LogP) is 0.255. The van der Waals surface area contributed by atoms with Crippen molar-refractivity contribution >= 4 is 33.7 Å². The van der Waals surface area contributed by atoms with Crippen LogP contribution in [-0.2, 0) is 0 Å². The van der Waals surface area contributed by atoms with Crippen LogP contribution in [0.4, 0.5) is 0 Å². The van der Waals surface area contributed by atoms with Gasteiger partial charge in [-0.25, -0.2) is 0 Å². The summed E-state index contributed by atoms with van der Waals surface area (Å²) in [6.45, 7) is 0. The van der Waals surface area contributed by atoms with Gasteiger partial charge in [-0.05, 0) is 0 Å². The molecular formula is C3H4Sb2. The Kier molecular flexibility index (Phi) is 2.30. The molecular weight excluding hydrogens is 280 g/mol. The van der Waals surface area contributed by atoms with Gasteiger partial charge in [0.2, 0.25) is 0 Å². The molecule has 2 heteroatoms. The molecule has 0 amide bonds. The maximum absolute atomic E-state index is 2.45. The van der Waals surface area contributed by atoms with E-state index in [9.17, 15) is 0 Å². The molecule has 1 aliphatic heterocycles. The Bertz CT molecular complexity index is 63.0. The molecule has 0 aromatic heterocycles. The van der Waals surface area contributed by atoms with Crippen molar-refractivity contribution in [2.24, 2.45) is 0 Å². The van der Waals surface area contributed by atoms with Gasteiger partial charge in [0, 0.05) is 0 Å². The molecule has 0 atom stereocenters. The van der Waals surface area contributed by atoms with Crippen LogP contribution in [0, 0.1) is 0 Å². The normalized spacial score (nSPS) is 17.6. The fourth-order valence-corrected chi connectivity index (χ4v) is 10.6. The maximum atomic E-state index is 2.45. The minimum atomic E-state index is 0.436. The topological polar surface area (TPSA) is 0 Å². The van der Waals surface area contributed by atoms with Crippen molar-refractivity contribution < 1.29 is 0 Å². The monoisotopic (exact) mass is 282 g/mol. The molecule has 0 aromatic carbocycles. The summed E-state index contributed by atoms with van der Waals surface area (Å²) >= 11 is 0.942. The van der Waals surface area contributed by atoms with Gasteiger partial charge in [0.15, 0.2) is 0 Å². The predicted molar refractivity (Wildman–Crippen MR) is 25.5 cm³/mol. The number of hydrogen-bond donors (Lipinski definition) is 0. The summed E-state index contributed by atoms with van der Waals surface area (Å²) in [5.41, 5.74) is 0. The summed E-state index contributed by atoms with van der Waals surface area (Å²) in [5.74, 6) is 0. The molecule has 0 spiro atoms. The first-order valence-corrected chi connectivity index (χ1v) is 13.6. The Morgan fingerprint density at radius 2 is 2.60 bits per heavy atom. The molecule has 0 radical (unpaired) electrons. The molecule has 0 unspecified atom stereocenters. The van der Waals surface area contributed by atoms with Crippen LogP contribution in [0.1, 0.15) is 0 Å². The number of rotatable bonds is 0. The van der Waals surface area contributed by atoms with Crippen LogP contribution in [0.3, 0.4) is 0 Å². The van der Waals surface area contributed by atoms with Crippen LogP contribution in [0.15, 0.2) is 10.1 Å². The average Bonchev–Trinajstić information content (AvgIpc) is 1.76. The van der Waals surface area contributed by atoms with Gasteiger partial charge in [-0.1, -0.05) is 0 Å². The van der Waals surface area contributed by atoms with Gasteiger partial charge < -0.3 is 0 Å². The third-order valence-electron chi connectivity index (χ3n) is 0.441. The van der Waals surface area contributed by atoms with E-state index < -0.39 is 0 Å². The van der Waals surface area contributed by atoms with Crippen molar-refractivity contribution in [1.29, 1.82) is 0 Å². The average molecular weight is 284 g/mol. The fraction of sp³-hybridized carbons (Fsp3) is 0.333. The Morgan fingerprint density at radius 3 is 2.80 bits per heavy atom. The van der Waals surface area contributed by atoms with Crippen LogP contribution in [0.2, 0.25) is 4.37 Å². The van der Waals surface area contributed by atoms with E-state index in [1.165, 1.54) is 4.37 Å². The molecule has 26 valence electrons. The van der Waals surface area contributed by atoms with Crippen molar-refractivity contribution in [3.05, 3.63) is 10.1 Å². The van der Waals surface area contributed by atoms with Crippen LogP contribution in [0.5, 0.6) is 0 Å². The van der Waals surface area contributed by atoms with E-state index in [0.29, 0.717) is 33.7 Å². The third-order valence-corrected chi connectivity index (χ3v) is 11.8. The molecule has 1 heterocycles. The van der Waals surface area contributed by atoms with E-state index in [0.717, 1.165) is 0 Å². The SMILES string of the molecule is C1=[CH][Sb]=[Sb][CH2]1. The van der Waals surface area contributed by atoms with Crippen molar-refractivity contribution in [2.75, 3.05) is 0 Å². The zero-order valence-electron chi connectivity index (χ0n) is 2.76. The van der Waals surface area contributed by atoms with Crippen molar-refractivity contribution in [2.45, 2.75) is 4.37 Å². The number of hydrogen-bond acceptors (Lipinski definition) is 0. The molecule has 0 aromatic rings. The Morgan fingerprint density at radius 1 is 1.60 bits per heavy atom. The molecule has 1 rings (SSSR count). The Labute approximate surface area is 47.6 Å². The standard InChI is InChI=1S/C3H4.2Sb/c1-3-2;;/h1,3H,2H2;;. The van der Waals surface area contributed by atoms with E-state index in [1.807, 2.05) is 0 Å². The van der Waals surface area contributed by atoms with Crippen molar-refractivity contribution in [1.82, 2.24) is 0 Å². The van der Waals surface area contributed by atoms with Gasteiger partial charge in [0.25, 0.3) is 0 Å². The summed E-state index contributed by atoms with van der Waals surface area (Å²) in [6.07, 6.45) is 2.37. The molecule has 0 nitrogen and oxygen atoms in total. The first kappa shape index (κ1) is 4.53. The van der Waals surface area contributed by atoms with Gasteiger partial charge in [0.05, 0.1) is 0 Å². The summed E-state index contributed by atoms with van der Waals surface area (Å²) in [5, 5.41) is 0. The van der Waals surface area contributed by atoms with E-state index in [4.69, 9.17) is 0 Å². The van der Waals surface area contributed by atoms with Gasteiger partial charge in [-0.2, -0.15) is 0 Å². The first-order chi connectivity index (χ1) is 2.50. The van der Waals surface area contributed by atoms with E-state index in [-0.39, 0.29) is 0 Å². The number of allylic oxidation sites excluding steroid dienone is 1. The fourth-order valence-electron chi connectivity index (χ4n) is 0.236. The Hall–Kier alpha value is 1.38. The molecule has 0 saturated heterocycles. The van der Waals surface area contributed by atoms with E-state index >= 15 is 0 Å². The van der Waals surface area contributed by atoms with Crippen LogP contribution in [-0.4, -0.2) is 33.7 Å². The van der Waals surface area contributed by atoms with Crippen LogP contribution < -0.4 is 0 Å². The van der Waals surface area contributed by atoms with Gasteiger partial charge in [-0.15, -0.1) is 0 Å².